The van der Waals surface area contributed by atoms with E-state index in [1.807, 2.05) is 13.8 Å². The molecular weight excluding hydrogens is 486 g/mol. The van der Waals surface area contributed by atoms with Crippen LogP contribution in [0.15, 0.2) is 44.3 Å². The maximum absolute atomic E-state index is 15.2. The fraction of sp³-hybridized carbons (Fsp3) is 0.565. The first-order chi connectivity index (χ1) is 15.4. The Hall–Kier alpha value is -1.42. The maximum Gasteiger partial charge on any atom is 0.380 e. The van der Waals surface area contributed by atoms with Gasteiger partial charge in [0.25, 0.3) is 0 Å². The van der Waals surface area contributed by atoms with Crippen molar-refractivity contribution in [2.24, 2.45) is 0 Å². The molecule has 0 aromatic rings. The molecule has 1 fully saturated rings. The van der Waals surface area contributed by atoms with Crippen molar-refractivity contribution in [2.45, 2.75) is 79.6 Å². The molecule has 0 aromatic heterocycles. The van der Waals surface area contributed by atoms with Gasteiger partial charge in [-0.15, -0.1) is 23.5 Å². The molecule has 0 saturated heterocycles. The molecule has 0 radical (unpaired) electrons. The minimum Gasteiger partial charge on any atom is -0.297 e. The average Bonchev–Trinajstić information content (AvgIpc) is 3.36. The van der Waals surface area contributed by atoms with Crippen LogP contribution in [0.4, 0.5) is 26.3 Å². The number of rotatable bonds is 8. The van der Waals surface area contributed by atoms with Crippen molar-refractivity contribution < 1.29 is 35.9 Å². The first-order valence-electron chi connectivity index (χ1n) is 10.8. The van der Waals surface area contributed by atoms with Crippen LogP contribution in [0, 0.1) is 0 Å². The van der Waals surface area contributed by atoms with Crippen LogP contribution in [0.5, 0.6) is 0 Å². The fourth-order valence-corrected chi connectivity index (χ4v) is 8.71. The lowest BCUT2D eigenvalue weighted by molar-refractivity contribution is -0.258. The van der Waals surface area contributed by atoms with Gasteiger partial charge in [-0.05, 0) is 36.1 Å². The lowest BCUT2D eigenvalue weighted by Gasteiger charge is -2.51. The Balaban J connectivity index is 2.17. The SMILES string of the molecule is CCCCC12SC(C=O)=CC1=C1C(=C3C=C(C=O)SC32CCCC)C(F)(F)C(F)(F)C1(F)F. The number of unbranched alkanes of at least 4 members (excludes halogenated alkanes) is 2. The van der Waals surface area contributed by atoms with Crippen LogP contribution in [-0.4, -0.2) is 39.8 Å². The minimum atomic E-state index is -5.65. The van der Waals surface area contributed by atoms with Gasteiger partial charge in [0.15, 0.2) is 12.6 Å². The molecule has 2 unspecified atom stereocenters. The summed E-state index contributed by atoms with van der Waals surface area (Å²) in [7, 11) is 0. The first kappa shape index (κ1) is 24.7. The largest absolute Gasteiger partial charge is 0.380 e. The van der Waals surface area contributed by atoms with E-state index in [9.17, 15) is 18.4 Å². The van der Waals surface area contributed by atoms with Gasteiger partial charge in [-0.3, -0.25) is 9.59 Å². The molecular formula is C23H22F6O2S2. The minimum absolute atomic E-state index is 0.0274. The molecule has 0 N–H and O–H groups in total. The van der Waals surface area contributed by atoms with Crippen LogP contribution in [0.1, 0.15) is 52.4 Å². The molecule has 0 bridgehead atoms. The Morgan fingerprint density at radius 3 is 1.39 bits per heavy atom. The fourth-order valence-electron chi connectivity index (χ4n) is 5.41. The Morgan fingerprint density at radius 2 is 1.09 bits per heavy atom. The van der Waals surface area contributed by atoms with Crippen molar-refractivity contribution >= 4 is 36.1 Å². The molecule has 0 amide bonds. The molecule has 4 aliphatic rings. The van der Waals surface area contributed by atoms with Crippen molar-refractivity contribution in [3.63, 3.8) is 0 Å². The molecule has 1 saturated carbocycles. The Kier molecular flexibility index (Phi) is 5.84. The highest BCUT2D eigenvalue weighted by molar-refractivity contribution is 8.10. The molecule has 33 heavy (non-hydrogen) atoms. The quantitative estimate of drug-likeness (QED) is 0.260. The van der Waals surface area contributed by atoms with E-state index in [0.717, 1.165) is 35.7 Å². The standard InChI is InChI=1S/C23H22F6O2S2/c1-3-5-7-19-15(9-13(11-30)32-19)17-18(22(26,27)23(28,29)21(17,24)25)16-10-14(12-31)33-20(16,19)8-6-4-2/h9-12H,3-8H2,1-2H3. The summed E-state index contributed by atoms with van der Waals surface area (Å²) in [6, 6.07) is 0. The van der Waals surface area contributed by atoms with E-state index >= 15 is 17.6 Å². The van der Waals surface area contributed by atoms with Gasteiger partial charge >= 0.3 is 17.8 Å². The summed E-state index contributed by atoms with van der Waals surface area (Å²) in [4.78, 5) is 23.5. The van der Waals surface area contributed by atoms with Crippen LogP contribution in [-0.2, 0) is 9.59 Å². The number of carbonyl (C=O) groups is 2. The number of halogens is 6. The third kappa shape index (κ3) is 2.85. The number of hydrogen-bond acceptors (Lipinski definition) is 4. The summed E-state index contributed by atoms with van der Waals surface area (Å²) >= 11 is 1.96. The second-order valence-corrected chi connectivity index (χ2v) is 11.4. The molecule has 180 valence electrons. The summed E-state index contributed by atoms with van der Waals surface area (Å²) in [5.41, 5.74) is -3.42. The average molecular weight is 509 g/mol. The summed E-state index contributed by atoms with van der Waals surface area (Å²) in [6.07, 6.45) is 5.73. The van der Waals surface area contributed by atoms with Gasteiger partial charge in [0.2, 0.25) is 0 Å². The van der Waals surface area contributed by atoms with E-state index < -0.39 is 38.4 Å². The van der Waals surface area contributed by atoms with Crippen molar-refractivity contribution in [3.05, 3.63) is 44.3 Å². The zero-order chi connectivity index (χ0) is 24.4. The second-order valence-electron chi connectivity index (χ2n) is 8.69. The highest BCUT2D eigenvalue weighted by atomic mass is 32.2. The lowest BCUT2D eigenvalue weighted by Crippen LogP contribution is -2.53. The van der Waals surface area contributed by atoms with Crippen LogP contribution >= 0.6 is 23.5 Å². The molecule has 0 spiro atoms. The number of thioether (sulfide) groups is 2. The molecule has 4 rings (SSSR count). The normalized spacial score (nSPS) is 32.8. The van der Waals surface area contributed by atoms with E-state index in [1.54, 1.807) is 0 Å². The molecule has 2 aliphatic carbocycles. The van der Waals surface area contributed by atoms with Crippen LogP contribution < -0.4 is 0 Å². The van der Waals surface area contributed by atoms with E-state index in [2.05, 4.69) is 0 Å². The van der Waals surface area contributed by atoms with E-state index in [0.29, 0.717) is 38.3 Å². The number of allylic oxidation sites excluding steroid dienone is 6. The molecule has 2 atom stereocenters. The van der Waals surface area contributed by atoms with Gasteiger partial charge < -0.3 is 0 Å². The molecule has 2 heterocycles. The van der Waals surface area contributed by atoms with Crippen molar-refractivity contribution in [2.75, 3.05) is 0 Å². The molecule has 10 heteroatoms. The highest BCUT2D eigenvalue weighted by Gasteiger charge is 2.84. The van der Waals surface area contributed by atoms with Gasteiger partial charge in [-0.2, -0.15) is 26.3 Å². The Bertz CT molecular complexity index is 962. The zero-order valence-corrected chi connectivity index (χ0v) is 19.6. The summed E-state index contributed by atoms with van der Waals surface area (Å²) in [5, 5.41) is 0. The van der Waals surface area contributed by atoms with Crippen LogP contribution in [0.2, 0.25) is 0 Å². The second kappa shape index (κ2) is 7.80. The highest BCUT2D eigenvalue weighted by Crippen LogP contribution is 2.75. The Morgan fingerprint density at radius 1 is 0.727 bits per heavy atom. The van der Waals surface area contributed by atoms with Gasteiger partial charge in [0.1, 0.15) is 0 Å². The number of hydrogen-bond donors (Lipinski definition) is 0. The Labute approximate surface area is 196 Å². The molecule has 2 aliphatic heterocycles. The van der Waals surface area contributed by atoms with Crippen molar-refractivity contribution in [1.29, 1.82) is 0 Å². The summed E-state index contributed by atoms with van der Waals surface area (Å²) < 4.78 is 87.4. The predicted molar refractivity (Wildman–Crippen MR) is 117 cm³/mol. The van der Waals surface area contributed by atoms with E-state index in [-0.39, 0.29) is 33.8 Å². The summed E-state index contributed by atoms with van der Waals surface area (Å²) in [6.45, 7) is 3.73. The third-order valence-corrected chi connectivity index (χ3v) is 10.2. The lowest BCUT2D eigenvalue weighted by atomic mass is 9.66. The zero-order valence-electron chi connectivity index (χ0n) is 18.0. The summed E-state index contributed by atoms with van der Waals surface area (Å²) in [5.74, 6) is -15.9. The third-order valence-electron chi connectivity index (χ3n) is 6.88. The topological polar surface area (TPSA) is 34.1 Å². The number of aldehydes is 2. The van der Waals surface area contributed by atoms with E-state index in [4.69, 9.17) is 0 Å². The predicted octanol–water partition coefficient (Wildman–Crippen LogP) is 7.03. The van der Waals surface area contributed by atoms with Crippen LogP contribution in [0.25, 0.3) is 0 Å². The van der Waals surface area contributed by atoms with Gasteiger partial charge in [-0.1, -0.05) is 39.5 Å². The number of alkyl halides is 6. The van der Waals surface area contributed by atoms with Crippen molar-refractivity contribution in [1.82, 2.24) is 0 Å². The first-order valence-corrected chi connectivity index (χ1v) is 12.4. The number of carbonyl (C=O) groups excluding carboxylic acids is 2. The monoisotopic (exact) mass is 508 g/mol. The van der Waals surface area contributed by atoms with Crippen molar-refractivity contribution in [3.8, 4) is 0 Å². The van der Waals surface area contributed by atoms with Crippen LogP contribution in [0.3, 0.4) is 0 Å². The molecule has 2 nitrogen and oxygen atoms in total. The van der Waals surface area contributed by atoms with Gasteiger partial charge in [0.05, 0.1) is 9.49 Å². The van der Waals surface area contributed by atoms with E-state index in [1.165, 1.54) is 0 Å². The van der Waals surface area contributed by atoms with Gasteiger partial charge in [0, 0.05) is 21.0 Å². The maximum atomic E-state index is 15.2. The smallest absolute Gasteiger partial charge is 0.297 e. The van der Waals surface area contributed by atoms with Gasteiger partial charge in [-0.25, -0.2) is 0 Å². The number of fused-ring (bicyclic) bond motifs is 4. The molecule has 0 aromatic carbocycles.